The van der Waals surface area contributed by atoms with Gasteiger partial charge in [-0.2, -0.15) is 0 Å². The van der Waals surface area contributed by atoms with Crippen LogP contribution in [-0.4, -0.2) is 21.1 Å². The minimum absolute atomic E-state index is 0.215. The van der Waals surface area contributed by atoms with Gasteiger partial charge in [-0.05, 0) is 31.2 Å². The van der Waals surface area contributed by atoms with Gasteiger partial charge in [0.15, 0.2) is 17.2 Å². The van der Waals surface area contributed by atoms with Crippen molar-refractivity contribution in [3.63, 3.8) is 0 Å². The largest absolute Gasteiger partial charge is 0.491 e. The van der Waals surface area contributed by atoms with E-state index in [0.717, 1.165) is 0 Å². The summed E-state index contributed by atoms with van der Waals surface area (Å²) in [5, 5.41) is 0. The molecule has 5 nitrogen and oxygen atoms in total. The third-order valence-corrected chi connectivity index (χ3v) is 2.92. The Hall–Kier alpha value is -2.63. The second-order valence-corrected chi connectivity index (χ2v) is 4.20. The van der Waals surface area contributed by atoms with E-state index in [0.29, 0.717) is 23.5 Å². The highest BCUT2D eigenvalue weighted by molar-refractivity contribution is 5.76. The first-order valence-electron chi connectivity index (χ1n) is 6.22. The van der Waals surface area contributed by atoms with Crippen molar-refractivity contribution in [1.29, 1.82) is 0 Å². The van der Waals surface area contributed by atoms with Gasteiger partial charge in [-0.15, -0.1) is 0 Å². The maximum atomic E-state index is 13.9. The number of imidazole rings is 1. The van der Waals surface area contributed by atoms with E-state index in [1.807, 2.05) is 0 Å². The number of aromatic nitrogens is 3. The van der Waals surface area contributed by atoms with E-state index in [1.54, 1.807) is 42.0 Å². The topological polar surface area (TPSA) is 66.0 Å². The quantitative estimate of drug-likeness (QED) is 0.795. The van der Waals surface area contributed by atoms with Gasteiger partial charge in [0.05, 0.1) is 12.3 Å². The summed E-state index contributed by atoms with van der Waals surface area (Å²) in [4.78, 5) is 8.44. The first kappa shape index (κ1) is 12.4. The van der Waals surface area contributed by atoms with E-state index >= 15 is 0 Å². The number of hydrogen-bond donors (Lipinski definition) is 1. The van der Waals surface area contributed by atoms with Crippen molar-refractivity contribution < 1.29 is 9.13 Å². The third-order valence-electron chi connectivity index (χ3n) is 2.92. The highest BCUT2D eigenvalue weighted by Gasteiger charge is 2.13. The van der Waals surface area contributed by atoms with E-state index < -0.39 is 5.82 Å². The molecule has 0 radical (unpaired) electrons. The molecule has 1 aromatic carbocycles. The second kappa shape index (κ2) is 4.80. The Balaban J connectivity index is 2.16. The van der Waals surface area contributed by atoms with Crippen LogP contribution in [0.15, 0.2) is 36.5 Å². The summed E-state index contributed by atoms with van der Waals surface area (Å²) in [7, 11) is 0. The molecule has 3 rings (SSSR count). The van der Waals surface area contributed by atoms with Gasteiger partial charge in [-0.1, -0.05) is 0 Å². The lowest BCUT2D eigenvalue weighted by atomic mass is 10.3. The van der Waals surface area contributed by atoms with Crippen LogP contribution >= 0.6 is 0 Å². The van der Waals surface area contributed by atoms with Crippen molar-refractivity contribution in [3.05, 3.63) is 42.3 Å². The summed E-state index contributed by atoms with van der Waals surface area (Å²) >= 11 is 0. The van der Waals surface area contributed by atoms with E-state index in [2.05, 4.69) is 9.97 Å². The van der Waals surface area contributed by atoms with Gasteiger partial charge in [0.1, 0.15) is 5.52 Å². The highest BCUT2D eigenvalue weighted by Crippen LogP contribution is 2.25. The Kier molecular flexibility index (Phi) is 2.98. The van der Waals surface area contributed by atoms with Crippen molar-refractivity contribution >= 4 is 17.1 Å². The summed E-state index contributed by atoms with van der Waals surface area (Å²) in [6.07, 6.45) is 1.64. The lowest BCUT2D eigenvalue weighted by molar-refractivity contribution is 0.321. The average molecular weight is 272 g/mol. The number of fused-ring (bicyclic) bond motifs is 1. The standard InChI is InChI=1S/C14H13FN4O/c1-2-20-12-6-5-9(8-10(12)15)19-13-11(18-14(19)16)4-3-7-17-13/h3-8H,2H2,1H3,(H2,16,18). The lowest BCUT2D eigenvalue weighted by Crippen LogP contribution is -2.03. The lowest BCUT2D eigenvalue weighted by Gasteiger charge is -2.09. The number of hydrogen-bond acceptors (Lipinski definition) is 4. The molecule has 0 aliphatic carbocycles. The van der Waals surface area contributed by atoms with Crippen LogP contribution in [0, 0.1) is 5.82 Å². The Morgan fingerprint density at radius 2 is 2.20 bits per heavy atom. The fourth-order valence-corrected chi connectivity index (χ4v) is 2.09. The third kappa shape index (κ3) is 1.95. The van der Waals surface area contributed by atoms with Crippen LogP contribution in [0.25, 0.3) is 16.9 Å². The van der Waals surface area contributed by atoms with Crippen molar-refractivity contribution in [1.82, 2.24) is 14.5 Å². The molecule has 2 aromatic heterocycles. The van der Waals surface area contributed by atoms with Crippen molar-refractivity contribution in [2.24, 2.45) is 0 Å². The molecule has 0 aliphatic heterocycles. The van der Waals surface area contributed by atoms with Crippen molar-refractivity contribution in [2.75, 3.05) is 12.3 Å². The highest BCUT2D eigenvalue weighted by atomic mass is 19.1. The summed E-state index contributed by atoms with van der Waals surface area (Å²) in [6.45, 7) is 2.21. The number of nitrogen functional groups attached to an aromatic ring is 1. The van der Waals surface area contributed by atoms with Gasteiger partial charge < -0.3 is 10.5 Å². The summed E-state index contributed by atoms with van der Waals surface area (Å²) < 4.78 is 20.7. The first-order chi connectivity index (χ1) is 9.70. The van der Waals surface area contributed by atoms with Crippen molar-refractivity contribution in [3.8, 4) is 11.4 Å². The van der Waals surface area contributed by atoms with E-state index in [-0.39, 0.29) is 11.7 Å². The van der Waals surface area contributed by atoms with E-state index in [1.165, 1.54) is 6.07 Å². The van der Waals surface area contributed by atoms with E-state index in [4.69, 9.17) is 10.5 Å². The Bertz CT molecular complexity index is 769. The number of halogens is 1. The van der Waals surface area contributed by atoms with Crippen LogP contribution in [0.4, 0.5) is 10.3 Å². The van der Waals surface area contributed by atoms with Gasteiger partial charge in [0.2, 0.25) is 5.95 Å². The van der Waals surface area contributed by atoms with Gasteiger partial charge >= 0.3 is 0 Å². The molecule has 0 aliphatic rings. The SMILES string of the molecule is CCOc1ccc(-n2c(N)nc3cccnc32)cc1F. The number of nitrogens with two attached hydrogens (primary N) is 1. The molecule has 3 aromatic rings. The summed E-state index contributed by atoms with van der Waals surface area (Å²) in [6, 6.07) is 8.23. The van der Waals surface area contributed by atoms with Crippen LogP contribution in [-0.2, 0) is 0 Å². The molecule has 6 heteroatoms. The molecular formula is C14H13FN4O. The van der Waals surface area contributed by atoms with Crippen molar-refractivity contribution in [2.45, 2.75) is 6.92 Å². The number of nitrogens with zero attached hydrogens (tertiary/aromatic N) is 3. The molecule has 2 heterocycles. The first-order valence-corrected chi connectivity index (χ1v) is 6.22. The molecule has 0 unspecified atom stereocenters. The van der Waals surface area contributed by atoms with Crippen LogP contribution in [0.1, 0.15) is 6.92 Å². The van der Waals surface area contributed by atoms with Crippen LogP contribution < -0.4 is 10.5 Å². The van der Waals surface area contributed by atoms with Gasteiger partial charge in [0, 0.05) is 12.3 Å². The zero-order chi connectivity index (χ0) is 14.1. The van der Waals surface area contributed by atoms with E-state index in [9.17, 15) is 4.39 Å². The Morgan fingerprint density at radius 1 is 1.35 bits per heavy atom. The van der Waals surface area contributed by atoms with Gasteiger partial charge in [0.25, 0.3) is 0 Å². The maximum Gasteiger partial charge on any atom is 0.207 e. The number of rotatable bonds is 3. The van der Waals surface area contributed by atoms with Gasteiger partial charge in [-0.25, -0.2) is 14.4 Å². The molecule has 0 saturated carbocycles. The summed E-state index contributed by atoms with van der Waals surface area (Å²) in [5.41, 5.74) is 7.71. The molecule has 20 heavy (non-hydrogen) atoms. The number of ether oxygens (including phenoxy) is 1. The molecule has 2 N–H and O–H groups in total. The average Bonchev–Trinajstić information content (AvgIpc) is 2.77. The zero-order valence-electron chi connectivity index (χ0n) is 10.9. The molecule has 0 fully saturated rings. The normalized spacial score (nSPS) is 10.9. The smallest absolute Gasteiger partial charge is 0.207 e. The molecular weight excluding hydrogens is 259 g/mol. The molecule has 0 atom stereocenters. The fraction of sp³-hybridized carbons (Fsp3) is 0.143. The molecule has 0 saturated heterocycles. The van der Waals surface area contributed by atoms with Crippen LogP contribution in [0.2, 0.25) is 0 Å². The van der Waals surface area contributed by atoms with Gasteiger partial charge in [-0.3, -0.25) is 4.57 Å². The number of pyridine rings is 1. The summed E-state index contributed by atoms with van der Waals surface area (Å²) in [5.74, 6) is 0.0380. The van der Waals surface area contributed by atoms with Crippen LogP contribution in [0.3, 0.4) is 0 Å². The molecule has 102 valence electrons. The molecule has 0 amide bonds. The zero-order valence-corrected chi connectivity index (χ0v) is 10.9. The molecule has 0 bridgehead atoms. The minimum atomic E-state index is -0.443. The number of anilines is 1. The van der Waals surface area contributed by atoms with Crippen LogP contribution in [0.5, 0.6) is 5.75 Å². The monoisotopic (exact) mass is 272 g/mol. The predicted octanol–water partition coefficient (Wildman–Crippen LogP) is 2.54. The fourth-order valence-electron chi connectivity index (χ4n) is 2.09. The molecule has 0 spiro atoms. The Labute approximate surface area is 114 Å². The predicted molar refractivity (Wildman–Crippen MR) is 74.4 cm³/mol. The minimum Gasteiger partial charge on any atom is -0.491 e. The number of benzene rings is 1. The maximum absolute atomic E-state index is 13.9. The Morgan fingerprint density at radius 3 is 2.95 bits per heavy atom. The second-order valence-electron chi connectivity index (χ2n) is 4.20.